The van der Waals surface area contributed by atoms with E-state index in [1.165, 1.54) is 18.2 Å². The normalized spacial score (nSPS) is 10.8. The summed E-state index contributed by atoms with van der Waals surface area (Å²) in [5.41, 5.74) is 1.46. The number of ether oxygens (including phenoxy) is 1. The van der Waals surface area contributed by atoms with E-state index in [0.29, 0.717) is 18.8 Å². The molecule has 26 heavy (non-hydrogen) atoms. The molecule has 3 rings (SSSR count). The van der Waals surface area contributed by atoms with E-state index < -0.39 is 11.9 Å². The maximum absolute atomic E-state index is 12.8. The van der Waals surface area contributed by atoms with E-state index in [1.54, 1.807) is 13.2 Å². The van der Waals surface area contributed by atoms with Gasteiger partial charge in [0, 0.05) is 29.6 Å². The maximum atomic E-state index is 12.8. The van der Waals surface area contributed by atoms with Crippen LogP contribution in [0.2, 0.25) is 5.02 Å². The van der Waals surface area contributed by atoms with E-state index in [9.17, 15) is 14.7 Å². The number of aromatic carboxylic acids is 1. The standard InChI is InChI=1S/C19H17ClN2O4/c1-26-9-8-22-16-5-3-2-4-12(16)10-17(22)18(23)21-15-7-6-13(20)11-14(15)19(24)25/h2-7,10-11H,8-9H2,1H3,(H,21,23)(H,24,25). The Hall–Kier alpha value is -2.83. The van der Waals surface area contributed by atoms with Gasteiger partial charge in [-0.2, -0.15) is 0 Å². The van der Waals surface area contributed by atoms with Crippen molar-refractivity contribution in [1.82, 2.24) is 4.57 Å². The lowest BCUT2D eigenvalue weighted by Crippen LogP contribution is -2.19. The van der Waals surface area contributed by atoms with Gasteiger partial charge in [0.15, 0.2) is 0 Å². The van der Waals surface area contributed by atoms with Crippen molar-refractivity contribution >= 4 is 40.1 Å². The number of aromatic nitrogens is 1. The van der Waals surface area contributed by atoms with Gasteiger partial charge in [-0.3, -0.25) is 4.79 Å². The van der Waals surface area contributed by atoms with E-state index >= 15 is 0 Å². The molecule has 0 saturated carbocycles. The van der Waals surface area contributed by atoms with Crippen LogP contribution in [0.4, 0.5) is 5.69 Å². The zero-order chi connectivity index (χ0) is 18.7. The second-order valence-electron chi connectivity index (χ2n) is 5.68. The number of carbonyl (C=O) groups is 2. The summed E-state index contributed by atoms with van der Waals surface area (Å²) in [6.07, 6.45) is 0. The summed E-state index contributed by atoms with van der Waals surface area (Å²) in [5.74, 6) is -1.56. The molecule has 0 atom stereocenters. The Morgan fingerprint density at radius 1 is 1.19 bits per heavy atom. The third kappa shape index (κ3) is 3.56. The third-order valence-corrected chi connectivity index (χ3v) is 4.26. The lowest BCUT2D eigenvalue weighted by atomic mass is 10.1. The number of halogens is 1. The summed E-state index contributed by atoms with van der Waals surface area (Å²) < 4.78 is 6.99. The number of hydrogen-bond acceptors (Lipinski definition) is 3. The Bertz CT molecular complexity index is 981. The Morgan fingerprint density at radius 3 is 2.69 bits per heavy atom. The van der Waals surface area contributed by atoms with Crippen LogP contribution in [0.15, 0.2) is 48.5 Å². The van der Waals surface area contributed by atoms with Gasteiger partial charge in [-0.15, -0.1) is 0 Å². The number of methoxy groups -OCH3 is 1. The van der Waals surface area contributed by atoms with Gasteiger partial charge in [0.25, 0.3) is 5.91 Å². The van der Waals surface area contributed by atoms with Crippen LogP contribution in [0.3, 0.4) is 0 Å². The van der Waals surface area contributed by atoms with Gasteiger partial charge in [-0.05, 0) is 30.3 Å². The largest absolute Gasteiger partial charge is 0.478 e. The average Bonchev–Trinajstić information content (AvgIpc) is 3.00. The first kappa shape index (κ1) is 18.0. The molecule has 1 amide bonds. The molecule has 0 aliphatic heterocycles. The highest BCUT2D eigenvalue weighted by Crippen LogP contribution is 2.24. The first-order chi connectivity index (χ1) is 12.5. The molecule has 3 aromatic rings. The number of amides is 1. The van der Waals surface area contributed by atoms with Gasteiger partial charge < -0.3 is 19.7 Å². The molecule has 7 heteroatoms. The van der Waals surface area contributed by atoms with Crippen molar-refractivity contribution in [2.45, 2.75) is 6.54 Å². The molecule has 0 aliphatic rings. The van der Waals surface area contributed by atoms with Crippen LogP contribution in [-0.2, 0) is 11.3 Å². The molecule has 0 fully saturated rings. The minimum atomic E-state index is -1.16. The van der Waals surface area contributed by atoms with Crippen LogP contribution in [0.1, 0.15) is 20.8 Å². The number of hydrogen-bond donors (Lipinski definition) is 2. The summed E-state index contributed by atoms with van der Waals surface area (Å²) in [4.78, 5) is 24.2. The summed E-state index contributed by atoms with van der Waals surface area (Å²) in [6.45, 7) is 0.944. The summed E-state index contributed by atoms with van der Waals surface area (Å²) >= 11 is 5.86. The molecule has 0 bridgehead atoms. The predicted octanol–water partition coefficient (Wildman–Crippen LogP) is 3.89. The van der Waals surface area contributed by atoms with Crippen LogP contribution >= 0.6 is 11.6 Å². The highest BCUT2D eigenvalue weighted by atomic mass is 35.5. The second kappa shape index (κ2) is 7.59. The summed E-state index contributed by atoms with van der Waals surface area (Å²) in [6, 6.07) is 13.7. The van der Waals surface area contributed by atoms with E-state index in [-0.39, 0.29) is 16.3 Å². The van der Waals surface area contributed by atoms with E-state index in [1.807, 2.05) is 28.8 Å². The molecule has 2 aromatic carbocycles. The molecule has 0 aliphatic carbocycles. The molecule has 1 aromatic heterocycles. The zero-order valence-electron chi connectivity index (χ0n) is 14.0. The van der Waals surface area contributed by atoms with Crippen LogP contribution < -0.4 is 5.32 Å². The van der Waals surface area contributed by atoms with Crippen LogP contribution in [0.5, 0.6) is 0 Å². The van der Waals surface area contributed by atoms with Crippen LogP contribution in [-0.4, -0.2) is 35.3 Å². The number of benzene rings is 2. The topological polar surface area (TPSA) is 80.6 Å². The molecule has 0 saturated heterocycles. The minimum Gasteiger partial charge on any atom is -0.478 e. The minimum absolute atomic E-state index is 0.0644. The van der Waals surface area contributed by atoms with Crippen molar-refractivity contribution in [2.75, 3.05) is 19.0 Å². The lowest BCUT2D eigenvalue weighted by Gasteiger charge is -2.12. The summed E-state index contributed by atoms with van der Waals surface area (Å²) in [5, 5.41) is 13.2. The van der Waals surface area contributed by atoms with Crippen molar-refractivity contribution in [2.24, 2.45) is 0 Å². The fraction of sp³-hybridized carbons (Fsp3) is 0.158. The smallest absolute Gasteiger partial charge is 0.337 e. The Balaban J connectivity index is 1.99. The Labute approximate surface area is 154 Å². The number of carboxylic acids is 1. The van der Waals surface area contributed by atoms with Crippen LogP contribution in [0, 0.1) is 0 Å². The van der Waals surface area contributed by atoms with Gasteiger partial charge in [0.2, 0.25) is 0 Å². The van der Waals surface area contributed by atoms with Gasteiger partial charge in [0.05, 0.1) is 17.9 Å². The zero-order valence-corrected chi connectivity index (χ0v) is 14.8. The number of nitrogens with one attached hydrogen (secondary N) is 1. The van der Waals surface area contributed by atoms with E-state index in [2.05, 4.69) is 5.32 Å². The molecule has 0 radical (unpaired) electrons. The molecule has 1 heterocycles. The van der Waals surface area contributed by atoms with Crippen molar-refractivity contribution in [3.05, 3.63) is 64.8 Å². The number of rotatable bonds is 6. The number of carboxylic acid groups (broad SMARTS) is 1. The Morgan fingerprint density at radius 2 is 1.96 bits per heavy atom. The Kier molecular flexibility index (Phi) is 5.25. The fourth-order valence-corrected chi connectivity index (χ4v) is 2.98. The SMILES string of the molecule is COCCn1c(C(=O)Nc2ccc(Cl)cc2C(=O)O)cc2ccccc21. The van der Waals surface area contributed by atoms with Crippen LogP contribution in [0.25, 0.3) is 10.9 Å². The van der Waals surface area contributed by atoms with Crippen molar-refractivity contribution in [1.29, 1.82) is 0 Å². The number of anilines is 1. The highest BCUT2D eigenvalue weighted by Gasteiger charge is 2.18. The second-order valence-corrected chi connectivity index (χ2v) is 6.12. The molecule has 2 N–H and O–H groups in total. The molecule has 0 spiro atoms. The van der Waals surface area contributed by atoms with E-state index in [4.69, 9.17) is 16.3 Å². The van der Waals surface area contributed by atoms with Gasteiger partial charge >= 0.3 is 5.97 Å². The molecular formula is C19H17ClN2O4. The molecule has 6 nitrogen and oxygen atoms in total. The maximum Gasteiger partial charge on any atom is 0.337 e. The number of carbonyl (C=O) groups excluding carboxylic acids is 1. The van der Waals surface area contributed by atoms with Gasteiger partial charge in [-0.25, -0.2) is 4.79 Å². The molecule has 134 valence electrons. The average molecular weight is 373 g/mol. The number of nitrogens with zero attached hydrogens (tertiary/aromatic N) is 1. The number of fused-ring (bicyclic) bond motifs is 1. The van der Waals surface area contributed by atoms with Gasteiger partial charge in [0.1, 0.15) is 5.69 Å². The predicted molar refractivity (Wildman–Crippen MR) is 100 cm³/mol. The number of para-hydroxylation sites is 1. The molecule has 0 unspecified atom stereocenters. The van der Waals surface area contributed by atoms with Crippen molar-refractivity contribution in [3.63, 3.8) is 0 Å². The fourth-order valence-electron chi connectivity index (χ4n) is 2.81. The molecular weight excluding hydrogens is 356 g/mol. The summed E-state index contributed by atoms with van der Waals surface area (Å²) in [7, 11) is 1.60. The monoisotopic (exact) mass is 372 g/mol. The quantitative estimate of drug-likeness (QED) is 0.687. The first-order valence-corrected chi connectivity index (χ1v) is 8.30. The third-order valence-electron chi connectivity index (χ3n) is 4.02. The van der Waals surface area contributed by atoms with Crippen molar-refractivity contribution < 1.29 is 19.4 Å². The first-order valence-electron chi connectivity index (χ1n) is 7.92. The van der Waals surface area contributed by atoms with Crippen molar-refractivity contribution in [3.8, 4) is 0 Å². The van der Waals surface area contributed by atoms with Gasteiger partial charge in [-0.1, -0.05) is 29.8 Å². The highest BCUT2D eigenvalue weighted by molar-refractivity contribution is 6.31. The lowest BCUT2D eigenvalue weighted by molar-refractivity contribution is 0.0698. The van der Waals surface area contributed by atoms with E-state index in [0.717, 1.165) is 10.9 Å².